The smallest absolute Gasteiger partial charge is 0.337 e. The van der Waals surface area contributed by atoms with Crippen LogP contribution < -0.4 is 5.32 Å². The van der Waals surface area contributed by atoms with Crippen LogP contribution >= 0.6 is 11.6 Å². The van der Waals surface area contributed by atoms with Crippen molar-refractivity contribution in [2.75, 3.05) is 5.32 Å². The molecule has 0 bridgehead atoms. The number of carbonyl (C=O) groups is 2. The second kappa shape index (κ2) is 5.88. The summed E-state index contributed by atoms with van der Waals surface area (Å²) >= 11 is 5.49. The minimum Gasteiger partial charge on any atom is -0.478 e. The van der Waals surface area contributed by atoms with Crippen LogP contribution in [0.4, 0.5) is 14.5 Å². The van der Waals surface area contributed by atoms with E-state index >= 15 is 0 Å². The molecule has 0 aliphatic carbocycles. The van der Waals surface area contributed by atoms with Gasteiger partial charge in [0.15, 0.2) is 0 Å². The number of nitrogens with one attached hydrogen (secondary N) is 1. The maximum atomic E-state index is 13.7. The van der Waals surface area contributed by atoms with Crippen LogP contribution in [0.1, 0.15) is 20.7 Å². The van der Waals surface area contributed by atoms with E-state index in [0.717, 1.165) is 18.2 Å². The molecule has 2 rings (SSSR count). The maximum Gasteiger partial charge on any atom is 0.337 e. The molecule has 2 aromatic carbocycles. The molecule has 2 N–H and O–H groups in total. The van der Waals surface area contributed by atoms with Gasteiger partial charge in [0.25, 0.3) is 5.91 Å². The first-order valence-electron chi connectivity index (χ1n) is 5.68. The number of carbonyl (C=O) groups excluding carboxylic acids is 1. The average Bonchev–Trinajstić information content (AvgIpc) is 2.43. The van der Waals surface area contributed by atoms with Crippen LogP contribution in [0.25, 0.3) is 0 Å². The van der Waals surface area contributed by atoms with Gasteiger partial charge in [-0.2, -0.15) is 0 Å². The maximum absolute atomic E-state index is 13.7. The molecule has 0 spiro atoms. The van der Waals surface area contributed by atoms with Gasteiger partial charge in [-0.1, -0.05) is 17.7 Å². The molecule has 0 saturated carbocycles. The minimum atomic E-state index is -1.40. The lowest BCUT2D eigenvalue weighted by molar-refractivity contribution is 0.0697. The molecule has 2 aromatic rings. The predicted octanol–water partition coefficient (Wildman–Crippen LogP) is 3.57. The third-order valence-corrected chi connectivity index (χ3v) is 2.97. The standard InChI is InChI=1S/C14H8ClF2NO3/c15-9-5-4-7(6-11(9)17)13(19)18-12-8(14(20)21)2-1-3-10(12)16/h1-6H,(H,18,19)(H,20,21). The highest BCUT2D eigenvalue weighted by atomic mass is 35.5. The number of anilines is 1. The lowest BCUT2D eigenvalue weighted by Crippen LogP contribution is -2.16. The Labute approximate surface area is 123 Å². The normalized spacial score (nSPS) is 10.2. The van der Waals surface area contributed by atoms with Gasteiger partial charge in [0, 0.05) is 5.56 Å². The summed E-state index contributed by atoms with van der Waals surface area (Å²) < 4.78 is 26.9. The molecule has 0 heterocycles. The summed E-state index contributed by atoms with van der Waals surface area (Å²) in [6, 6.07) is 6.64. The van der Waals surface area contributed by atoms with Crippen molar-refractivity contribution in [1.82, 2.24) is 0 Å². The van der Waals surface area contributed by atoms with Crippen molar-refractivity contribution in [3.8, 4) is 0 Å². The number of hydrogen-bond acceptors (Lipinski definition) is 2. The SMILES string of the molecule is O=C(Nc1c(F)cccc1C(=O)O)c1ccc(Cl)c(F)c1. The molecule has 0 radical (unpaired) electrons. The van der Waals surface area contributed by atoms with Crippen LogP contribution in [0.15, 0.2) is 36.4 Å². The van der Waals surface area contributed by atoms with E-state index in [1.54, 1.807) is 0 Å². The zero-order valence-corrected chi connectivity index (χ0v) is 11.1. The Morgan fingerprint density at radius 1 is 1.10 bits per heavy atom. The number of aromatic carboxylic acids is 1. The zero-order chi connectivity index (χ0) is 15.6. The number of para-hydroxylation sites is 1. The molecular weight excluding hydrogens is 304 g/mol. The topological polar surface area (TPSA) is 66.4 Å². The van der Waals surface area contributed by atoms with Crippen molar-refractivity contribution < 1.29 is 23.5 Å². The van der Waals surface area contributed by atoms with E-state index < -0.39 is 34.8 Å². The van der Waals surface area contributed by atoms with E-state index in [9.17, 15) is 18.4 Å². The summed E-state index contributed by atoms with van der Waals surface area (Å²) in [5.41, 5.74) is -1.00. The van der Waals surface area contributed by atoms with E-state index in [1.807, 2.05) is 0 Å². The van der Waals surface area contributed by atoms with Crippen LogP contribution in [0.5, 0.6) is 0 Å². The average molecular weight is 312 g/mol. The van der Waals surface area contributed by atoms with Gasteiger partial charge in [0.1, 0.15) is 11.6 Å². The van der Waals surface area contributed by atoms with Crippen LogP contribution in [-0.2, 0) is 0 Å². The van der Waals surface area contributed by atoms with Crippen LogP contribution in [0.2, 0.25) is 5.02 Å². The minimum absolute atomic E-state index is 0.114. The third kappa shape index (κ3) is 3.17. The van der Waals surface area contributed by atoms with Gasteiger partial charge in [-0.25, -0.2) is 13.6 Å². The zero-order valence-electron chi connectivity index (χ0n) is 10.4. The molecular formula is C14H8ClF2NO3. The number of hydrogen-bond donors (Lipinski definition) is 2. The molecule has 1 amide bonds. The summed E-state index contributed by atoms with van der Waals surface area (Å²) in [7, 11) is 0. The van der Waals surface area contributed by atoms with Gasteiger partial charge in [0.05, 0.1) is 16.3 Å². The van der Waals surface area contributed by atoms with E-state index in [2.05, 4.69) is 5.32 Å². The van der Waals surface area contributed by atoms with Crippen LogP contribution in [0.3, 0.4) is 0 Å². The van der Waals surface area contributed by atoms with Crippen molar-refractivity contribution in [3.63, 3.8) is 0 Å². The number of carboxylic acid groups (broad SMARTS) is 1. The molecule has 0 fully saturated rings. The van der Waals surface area contributed by atoms with Crippen molar-refractivity contribution in [2.45, 2.75) is 0 Å². The van der Waals surface area contributed by atoms with Crippen molar-refractivity contribution >= 4 is 29.2 Å². The molecule has 0 atom stereocenters. The summed E-state index contributed by atoms with van der Waals surface area (Å²) in [4.78, 5) is 22.9. The molecule has 0 aliphatic rings. The molecule has 108 valence electrons. The molecule has 0 unspecified atom stereocenters. The largest absolute Gasteiger partial charge is 0.478 e. The van der Waals surface area contributed by atoms with Crippen molar-refractivity contribution in [2.24, 2.45) is 0 Å². The number of carboxylic acids is 1. The number of amides is 1. The fourth-order valence-corrected chi connectivity index (χ4v) is 1.77. The van der Waals surface area contributed by atoms with Gasteiger partial charge >= 0.3 is 5.97 Å². The monoisotopic (exact) mass is 311 g/mol. The van der Waals surface area contributed by atoms with Crippen molar-refractivity contribution in [3.05, 3.63) is 64.2 Å². The lowest BCUT2D eigenvalue weighted by atomic mass is 10.1. The molecule has 0 aliphatic heterocycles. The summed E-state index contributed by atoms with van der Waals surface area (Å²) in [5, 5.41) is 10.9. The number of halogens is 3. The highest BCUT2D eigenvalue weighted by Crippen LogP contribution is 2.22. The Bertz CT molecular complexity index is 734. The number of benzene rings is 2. The molecule has 0 aromatic heterocycles. The van der Waals surface area contributed by atoms with Gasteiger partial charge in [-0.15, -0.1) is 0 Å². The fourth-order valence-electron chi connectivity index (χ4n) is 1.65. The fraction of sp³-hybridized carbons (Fsp3) is 0. The highest BCUT2D eigenvalue weighted by molar-refractivity contribution is 6.30. The lowest BCUT2D eigenvalue weighted by Gasteiger charge is -2.09. The van der Waals surface area contributed by atoms with E-state index in [4.69, 9.17) is 16.7 Å². The van der Waals surface area contributed by atoms with Crippen molar-refractivity contribution in [1.29, 1.82) is 0 Å². The Kier molecular flexibility index (Phi) is 4.18. The van der Waals surface area contributed by atoms with Crippen LogP contribution in [-0.4, -0.2) is 17.0 Å². The first kappa shape index (κ1) is 14.9. The second-order valence-electron chi connectivity index (χ2n) is 4.05. The predicted molar refractivity (Wildman–Crippen MR) is 72.7 cm³/mol. The summed E-state index contributed by atoms with van der Waals surface area (Å²) in [6.45, 7) is 0. The van der Waals surface area contributed by atoms with E-state index in [0.29, 0.717) is 0 Å². The molecule has 21 heavy (non-hydrogen) atoms. The second-order valence-corrected chi connectivity index (χ2v) is 4.46. The first-order valence-corrected chi connectivity index (χ1v) is 6.06. The Balaban J connectivity index is 2.36. The van der Waals surface area contributed by atoms with Gasteiger partial charge in [-0.05, 0) is 30.3 Å². The molecule has 7 heteroatoms. The summed E-state index contributed by atoms with van der Waals surface area (Å²) in [5.74, 6) is -3.96. The van der Waals surface area contributed by atoms with E-state index in [-0.39, 0.29) is 10.6 Å². The van der Waals surface area contributed by atoms with Crippen LogP contribution in [0, 0.1) is 11.6 Å². The summed E-state index contributed by atoms with van der Waals surface area (Å²) in [6.07, 6.45) is 0. The van der Waals surface area contributed by atoms with Gasteiger partial charge in [-0.3, -0.25) is 4.79 Å². The quantitative estimate of drug-likeness (QED) is 0.910. The molecule has 0 saturated heterocycles. The Hall–Kier alpha value is -2.47. The van der Waals surface area contributed by atoms with E-state index in [1.165, 1.54) is 18.2 Å². The number of rotatable bonds is 3. The first-order chi connectivity index (χ1) is 9.90. The Morgan fingerprint density at radius 3 is 2.43 bits per heavy atom. The van der Waals surface area contributed by atoms with Gasteiger partial charge < -0.3 is 10.4 Å². The van der Waals surface area contributed by atoms with Gasteiger partial charge in [0.2, 0.25) is 0 Å². The highest BCUT2D eigenvalue weighted by Gasteiger charge is 2.18. The third-order valence-electron chi connectivity index (χ3n) is 2.66. The molecule has 4 nitrogen and oxygen atoms in total. The Morgan fingerprint density at radius 2 is 1.81 bits per heavy atom.